The van der Waals surface area contributed by atoms with Crippen molar-refractivity contribution in [2.45, 2.75) is 18.6 Å². The number of halogens is 2. The van der Waals surface area contributed by atoms with Gasteiger partial charge in [0.25, 0.3) is 0 Å². The predicted molar refractivity (Wildman–Crippen MR) is 77.0 cm³/mol. The molecular weight excluding hydrogens is 287 g/mol. The lowest BCUT2D eigenvalue weighted by Crippen LogP contribution is -2.35. The molecule has 6 heteroatoms. The molecule has 1 saturated heterocycles. The van der Waals surface area contributed by atoms with Crippen molar-refractivity contribution in [3.63, 3.8) is 0 Å². The molecule has 0 saturated carbocycles. The summed E-state index contributed by atoms with van der Waals surface area (Å²) < 4.78 is 5.49. The van der Waals surface area contributed by atoms with E-state index >= 15 is 0 Å². The number of aliphatic hydroxyl groups is 1. The van der Waals surface area contributed by atoms with Crippen LogP contribution in [0.5, 0.6) is 5.75 Å². The average Bonchev–Trinajstić information content (AvgIpc) is 2.76. The van der Waals surface area contributed by atoms with E-state index in [0.717, 1.165) is 19.5 Å². The first kappa shape index (κ1) is 14.9. The summed E-state index contributed by atoms with van der Waals surface area (Å²) in [6.07, 6.45) is 0.445. The molecule has 0 unspecified atom stereocenters. The quantitative estimate of drug-likeness (QED) is 0.870. The van der Waals surface area contributed by atoms with Crippen molar-refractivity contribution in [2.24, 2.45) is 5.73 Å². The highest BCUT2D eigenvalue weighted by Crippen LogP contribution is 2.26. The lowest BCUT2D eigenvalue weighted by molar-refractivity contribution is 0.0755. The van der Waals surface area contributed by atoms with Crippen molar-refractivity contribution >= 4 is 23.2 Å². The Labute approximate surface area is 123 Å². The lowest BCUT2D eigenvalue weighted by atomic mass is 10.3. The maximum atomic E-state index is 9.91. The number of rotatable bonds is 5. The van der Waals surface area contributed by atoms with Crippen LogP contribution in [-0.4, -0.2) is 48.4 Å². The van der Waals surface area contributed by atoms with Gasteiger partial charge in [0.15, 0.2) is 0 Å². The van der Waals surface area contributed by atoms with Gasteiger partial charge in [-0.25, -0.2) is 0 Å². The number of likely N-dealkylation sites (tertiary alicyclic amines) is 1. The molecule has 1 aliphatic heterocycles. The Kier molecular flexibility index (Phi) is 5.30. The van der Waals surface area contributed by atoms with Crippen LogP contribution < -0.4 is 10.5 Å². The minimum absolute atomic E-state index is 0.225. The Hall–Kier alpha value is -0.520. The smallest absolute Gasteiger partial charge is 0.121 e. The molecule has 1 aliphatic rings. The molecule has 2 rings (SSSR count). The van der Waals surface area contributed by atoms with Crippen molar-refractivity contribution in [1.82, 2.24) is 4.90 Å². The second-order valence-corrected chi connectivity index (χ2v) is 5.66. The molecular formula is C13H18Cl2N2O2. The van der Waals surface area contributed by atoms with Crippen LogP contribution in [-0.2, 0) is 0 Å². The highest BCUT2D eigenvalue weighted by molar-refractivity contribution is 6.42. The summed E-state index contributed by atoms with van der Waals surface area (Å²) in [6, 6.07) is 5.27. The van der Waals surface area contributed by atoms with E-state index < -0.39 is 6.10 Å². The highest BCUT2D eigenvalue weighted by Gasteiger charge is 2.21. The number of nitrogens with zero attached hydrogens (tertiary/aromatic N) is 1. The first-order valence-corrected chi connectivity index (χ1v) is 7.04. The Bertz CT molecular complexity index is 431. The summed E-state index contributed by atoms with van der Waals surface area (Å²) in [4.78, 5) is 2.15. The average molecular weight is 305 g/mol. The molecule has 2 atom stereocenters. The first-order valence-electron chi connectivity index (χ1n) is 6.28. The number of benzene rings is 1. The topological polar surface area (TPSA) is 58.7 Å². The molecule has 0 amide bonds. The van der Waals surface area contributed by atoms with Crippen LogP contribution in [0.4, 0.5) is 0 Å². The molecule has 19 heavy (non-hydrogen) atoms. The largest absolute Gasteiger partial charge is 0.491 e. The van der Waals surface area contributed by atoms with Crippen molar-refractivity contribution in [3.8, 4) is 5.75 Å². The van der Waals surface area contributed by atoms with Crippen LogP contribution in [0.2, 0.25) is 10.0 Å². The number of hydrogen-bond donors (Lipinski definition) is 2. The van der Waals surface area contributed by atoms with E-state index in [1.165, 1.54) is 0 Å². The predicted octanol–water partition coefficient (Wildman–Crippen LogP) is 1.77. The summed E-state index contributed by atoms with van der Waals surface area (Å²) in [7, 11) is 0. The zero-order chi connectivity index (χ0) is 13.8. The molecule has 3 N–H and O–H groups in total. The Morgan fingerprint density at radius 1 is 1.42 bits per heavy atom. The summed E-state index contributed by atoms with van der Waals surface area (Å²) >= 11 is 11.7. The molecule has 106 valence electrons. The fourth-order valence-corrected chi connectivity index (χ4v) is 2.43. The van der Waals surface area contributed by atoms with Crippen molar-refractivity contribution < 1.29 is 9.84 Å². The number of hydrogen-bond acceptors (Lipinski definition) is 4. The Balaban J connectivity index is 1.76. The van der Waals surface area contributed by atoms with E-state index in [1.54, 1.807) is 18.2 Å². The Morgan fingerprint density at radius 2 is 2.21 bits per heavy atom. The van der Waals surface area contributed by atoms with Gasteiger partial charge in [-0.15, -0.1) is 0 Å². The second-order valence-electron chi connectivity index (χ2n) is 4.85. The van der Waals surface area contributed by atoms with E-state index in [-0.39, 0.29) is 12.6 Å². The van der Waals surface area contributed by atoms with Crippen LogP contribution >= 0.6 is 23.2 Å². The first-order chi connectivity index (χ1) is 9.04. The third-order valence-electron chi connectivity index (χ3n) is 3.11. The third kappa shape index (κ3) is 4.51. The zero-order valence-corrected chi connectivity index (χ0v) is 12.1. The van der Waals surface area contributed by atoms with Crippen LogP contribution in [0.1, 0.15) is 6.42 Å². The maximum Gasteiger partial charge on any atom is 0.121 e. The SMILES string of the molecule is N[C@H]1CCN(C[C@@H](O)COc2ccc(Cl)c(Cl)c2)C1. The van der Waals surface area contributed by atoms with Crippen LogP contribution in [0.25, 0.3) is 0 Å². The van der Waals surface area contributed by atoms with Gasteiger partial charge in [-0.05, 0) is 25.1 Å². The Morgan fingerprint density at radius 3 is 2.84 bits per heavy atom. The minimum atomic E-state index is -0.542. The molecule has 0 radical (unpaired) electrons. The number of β-amino-alcohol motifs (C(OH)–C–C–N with tert-alkyl or cyclic N) is 1. The van der Waals surface area contributed by atoms with Gasteiger partial charge >= 0.3 is 0 Å². The summed E-state index contributed by atoms with van der Waals surface area (Å²) in [5, 5.41) is 10.8. The van der Waals surface area contributed by atoms with Gasteiger partial charge in [0.1, 0.15) is 18.5 Å². The molecule has 0 aliphatic carbocycles. The van der Waals surface area contributed by atoms with Crippen molar-refractivity contribution in [3.05, 3.63) is 28.2 Å². The van der Waals surface area contributed by atoms with Gasteiger partial charge in [-0.3, -0.25) is 4.90 Å². The van der Waals surface area contributed by atoms with Gasteiger partial charge in [0, 0.05) is 25.2 Å². The molecule has 1 aromatic carbocycles. The van der Waals surface area contributed by atoms with E-state index in [0.29, 0.717) is 22.3 Å². The maximum absolute atomic E-state index is 9.91. The number of ether oxygens (including phenoxy) is 1. The minimum Gasteiger partial charge on any atom is -0.491 e. The second kappa shape index (κ2) is 6.77. The van der Waals surface area contributed by atoms with Crippen LogP contribution in [0.15, 0.2) is 18.2 Å². The highest BCUT2D eigenvalue weighted by atomic mass is 35.5. The fraction of sp³-hybridized carbons (Fsp3) is 0.538. The standard InChI is InChI=1S/C13H18Cl2N2O2/c14-12-2-1-11(5-13(12)15)19-8-10(18)7-17-4-3-9(16)6-17/h1-2,5,9-10,18H,3-4,6-8,16H2/t9-,10+/m0/s1. The molecule has 0 spiro atoms. The monoisotopic (exact) mass is 304 g/mol. The molecule has 1 fully saturated rings. The van der Waals surface area contributed by atoms with E-state index in [4.69, 9.17) is 33.7 Å². The van der Waals surface area contributed by atoms with Crippen molar-refractivity contribution in [1.29, 1.82) is 0 Å². The van der Waals surface area contributed by atoms with Crippen LogP contribution in [0.3, 0.4) is 0 Å². The number of nitrogens with two attached hydrogens (primary N) is 1. The molecule has 0 bridgehead atoms. The molecule has 1 heterocycles. The number of aliphatic hydroxyl groups excluding tert-OH is 1. The van der Waals surface area contributed by atoms with Gasteiger partial charge in [-0.1, -0.05) is 23.2 Å². The molecule has 1 aromatic rings. The zero-order valence-electron chi connectivity index (χ0n) is 10.6. The van der Waals surface area contributed by atoms with E-state index in [9.17, 15) is 5.11 Å². The van der Waals surface area contributed by atoms with Gasteiger partial charge in [0.05, 0.1) is 10.0 Å². The van der Waals surface area contributed by atoms with E-state index in [2.05, 4.69) is 4.90 Å². The summed E-state index contributed by atoms with van der Waals surface area (Å²) in [5.41, 5.74) is 5.81. The molecule has 4 nitrogen and oxygen atoms in total. The van der Waals surface area contributed by atoms with Gasteiger partial charge < -0.3 is 15.6 Å². The summed E-state index contributed by atoms with van der Waals surface area (Å²) in [6.45, 7) is 2.58. The normalized spacial score (nSPS) is 21.6. The van der Waals surface area contributed by atoms with E-state index in [1.807, 2.05) is 0 Å². The molecule has 0 aromatic heterocycles. The van der Waals surface area contributed by atoms with Gasteiger partial charge in [-0.2, -0.15) is 0 Å². The fourth-order valence-electron chi connectivity index (χ4n) is 2.14. The third-order valence-corrected chi connectivity index (χ3v) is 3.85. The lowest BCUT2D eigenvalue weighted by Gasteiger charge is -2.20. The van der Waals surface area contributed by atoms with Crippen molar-refractivity contribution in [2.75, 3.05) is 26.2 Å². The summed E-state index contributed by atoms with van der Waals surface area (Å²) in [5.74, 6) is 0.603. The van der Waals surface area contributed by atoms with Gasteiger partial charge in [0.2, 0.25) is 0 Å². The van der Waals surface area contributed by atoms with Crippen LogP contribution in [0, 0.1) is 0 Å².